The number of hydrogen-bond acceptors (Lipinski definition) is 3. The predicted molar refractivity (Wildman–Crippen MR) is 86.3 cm³/mol. The van der Waals surface area contributed by atoms with Gasteiger partial charge < -0.3 is 10.6 Å². The first-order chi connectivity index (χ1) is 9.49. The van der Waals surface area contributed by atoms with Crippen LogP contribution < -0.4 is 5.73 Å². The molecule has 20 heavy (non-hydrogen) atoms. The Morgan fingerprint density at radius 2 is 2.00 bits per heavy atom. The first kappa shape index (κ1) is 17.6. The van der Waals surface area contributed by atoms with Crippen LogP contribution in [0.3, 0.4) is 0 Å². The SMILES string of the molecule is CCN(CCCN(C)C)C(CN)c1ccc(Br)c(F)c1. The minimum atomic E-state index is -0.231. The minimum absolute atomic E-state index is 0.0739. The summed E-state index contributed by atoms with van der Waals surface area (Å²) < 4.78 is 14.2. The number of halogens is 2. The Hall–Kier alpha value is -0.490. The van der Waals surface area contributed by atoms with Gasteiger partial charge in [-0.2, -0.15) is 0 Å². The molecule has 5 heteroatoms. The molecule has 0 saturated carbocycles. The Kier molecular flexibility index (Phi) is 7.66. The van der Waals surface area contributed by atoms with E-state index in [1.807, 2.05) is 6.07 Å². The van der Waals surface area contributed by atoms with Crippen LogP contribution in [0.2, 0.25) is 0 Å². The van der Waals surface area contributed by atoms with Crippen LogP contribution in [-0.4, -0.2) is 50.1 Å². The van der Waals surface area contributed by atoms with Gasteiger partial charge in [-0.25, -0.2) is 4.39 Å². The van der Waals surface area contributed by atoms with Crippen LogP contribution in [0.25, 0.3) is 0 Å². The fourth-order valence-corrected chi connectivity index (χ4v) is 2.59. The molecule has 0 aliphatic heterocycles. The normalized spacial score (nSPS) is 13.2. The third kappa shape index (κ3) is 5.13. The van der Waals surface area contributed by atoms with Crippen molar-refractivity contribution in [3.63, 3.8) is 0 Å². The summed E-state index contributed by atoms with van der Waals surface area (Å²) in [7, 11) is 4.14. The Balaban J connectivity index is 2.77. The van der Waals surface area contributed by atoms with Gasteiger partial charge in [0.15, 0.2) is 0 Å². The fourth-order valence-electron chi connectivity index (χ4n) is 2.34. The molecule has 1 aromatic rings. The maximum atomic E-state index is 13.7. The van der Waals surface area contributed by atoms with Crippen molar-refractivity contribution >= 4 is 15.9 Å². The average molecular weight is 346 g/mol. The van der Waals surface area contributed by atoms with E-state index in [-0.39, 0.29) is 11.9 Å². The molecule has 0 fully saturated rings. The summed E-state index contributed by atoms with van der Waals surface area (Å²) in [5, 5.41) is 0. The summed E-state index contributed by atoms with van der Waals surface area (Å²) in [6, 6.07) is 5.35. The first-order valence-corrected chi connectivity index (χ1v) is 7.82. The van der Waals surface area contributed by atoms with E-state index in [9.17, 15) is 4.39 Å². The highest BCUT2D eigenvalue weighted by Gasteiger charge is 2.18. The lowest BCUT2D eigenvalue weighted by Crippen LogP contribution is -2.35. The number of likely N-dealkylation sites (N-methyl/N-ethyl adjacent to an activating group) is 1. The van der Waals surface area contributed by atoms with Crippen molar-refractivity contribution < 1.29 is 4.39 Å². The smallest absolute Gasteiger partial charge is 0.137 e. The topological polar surface area (TPSA) is 32.5 Å². The molecule has 0 saturated heterocycles. The molecule has 0 heterocycles. The van der Waals surface area contributed by atoms with Crippen LogP contribution in [0.4, 0.5) is 4.39 Å². The van der Waals surface area contributed by atoms with Gasteiger partial charge in [-0.1, -0.05) is 13.0 Å². The summed E-state index contributed by atoms with van der Waals surface area (Å²) in [5.41, 5.74) is 6.86. The summed E-state index contributed by atoms with van der Waals surface area (Å²) in [5.74, 6) is -0.231. The molecule has 0 aliphatic rings. The standard InChI is InChI=1S/C15H25BrFN3/c1-4-20(9-5-8-19(2)3)15(11-18)12-6-7-13(16)14(17)10-12/h6-7,10,15H,4-5,8-9,11,18H2,1-3H3. The predicted octanol–water partition coefficient (Wildman–Crippen LogP) is 2.86. The number of hydrogen-bond donors (Lipinski definition) is 1. The molecular weight excluding hydrogens is 321 g/mol. The van der Waals surface area contributed by atoms with Gasteiger partial charge in [0.2, 0.25) is 0 Å². The molecule has 0 spiro atoms. The van der Waals surface area contributed by atoms with Crippen molar-refractivity contribution in [2.24, 2.45) is 5.73 Å². The van der Waals surface area contributed by atoms with E-state index in [0.717, 1.165) is 31.6 Å². The highest BCUT2D eigenvalue weighted by Crippen LogP contribution is 2.24. The van der Waals surface area contributed by atoms with Crippen molar-refractivity contribution in [3.05, 3.63) is 34.1 Å². The molecule has 3 nitrogen and oxygen atoms in total. The molecule has 0 bridgehead atoms. The molecule has 1 unspecified atom stereocenters. The van der Waals surface area contributed by atoms with Crippen LogP contribution in [0.1, 0.15) is 24.9 Å². The van der Waals surface area contributed by atoms with Gasteiger partial charge in [0.1, 0.15) is 5.82 Å². The molecule has 114 valence electrons. The third-order valence-electron chi connectivity index (χ3n) is 3.45. The average Bonchev–Trinajstić information content (AvgIpc) is 2.41. The van der Waals surface area contributed by atoms with E-state index >= 15 is 0 Å². The van der Waals surface area contributed by atoms with Crippen LogP contribution in [0.5, 0.6) is 0 Å². The molecule has 0 aliphatic carbocycles. The maximum absolute atomic E-state index is 13.7. The van der Waals surface area contributed by atoms with Gasteiger partial charge >= 0.3 is 0 Å². The van der Waals surface area contributed by atoms with Gasteiger partial charge in [0.05, 0.1) is 4.47 Å². The second-order valence-corrected chi connectivity index (χ2v) is 6.06. The van der Waals surface area contributed by atoms with E-state index < -0.39 is 0 Å². The molecule has 1 aromatic carbocycles. The number of benzene rings is 1. The van der Waals surface area contributed by atoms with Crippen LogP contribution in [0, 0.1) is 5.82 Å². The number of rotatable bonds is 8. The lowest BCUT2D eigenvalue weighted by molar-refractivity contribution is 0.201. The summed E-state index contributed by atoms with van der Waals surface area (Å²) in [6.45, 7) is 5.54. The van der Waals surface area contributed by atoms with Gasteiger partial charge in [0.25, 0.3) is 0 Å². The second kappa shape index (κ2) is 8.72. The first-order valence-electron chi connectivity index (χ1n) is 7.03. The van der Waals surface area contributed by atoms with Gasteiger partial charge in [-0.15, -0.1) is 0 Å². The Labute approximate surface area is 130 Å². The molecular formula is C15H25BrFN3. The zero-order valence-electron chi connectivity index (χ0n) is 12.6. The second-order valence-electron chi connectivity index (χ2n) is 5.21. The lowest BCUT2D eigenvalue weighted by atomic mass is 10.0. The lowest BCUT2D eigenvalue weighted by Gasteiger charge is -2.30. The van der Waals surface area contributed by atoms with Crippen molar-refractivity contribution in [3.8, 4) is 0 Å². The van der Waals surface area contributed by atoms with E-state index in [0.29, 0.717) is 11.0 Å². The van der Waals surface area contributed by atoms with E-state index in [1.54, 1.807) is 12.1 Å². The summed E-state index contributed by atoms with van der Waals surface area (Å²) >= 11 is 3.19. The number of nitrogens with zero attached hydrogens (tertiary/aromatic N) is 2. The fraction of sp³-hybridized carbons (Fsp3) is 0.600. The Bertz CT molecular complexity index is 412. The van der Waals surface area contributed by atoms with Crippen LogP contribution in [0.15, 0.2) is 22.7 Å². The van der Waals surface area contributed by atoms with Gasteiger partial charge in [-0.3, -0.25) is 4.90 Å². The molecule has 1 rings (SSSR count). The maximum Gasteiger partial charge on any atom is 0.137 e. The zero-order valence-corrected chi connectivity index (χ0v) is 14.2. The Morgan fingerprint density at radius 1 is 1.30 bits per heavy atom. The highest BCUT2D eigenvalue weighted by atomic mass is 79.9. The highest BCUT2D eigenvalue weighted by molar-refractivity contribution is 9.10. The monoisotopic (exact) mass is 345 g/mol. The van der Waals surface area contributed by atoms with Crippen molar-refractivity contribution in [1.29, 1.82) is 0 Å². The largest absolute Gasteiger partial charge is 0.329 e. The van der Waals surface area contributed by atoms with Crippen molar-refractivity contribution in [2.45, 2.75) is 19.4 Å². The molecule has 1 atom stereocenters. The van der Waals surface area contributed by atoms with E-state index in [4.69, 9.17) is 5.73 Å². The molecule has 0 aromatic heterocycles. The summed E-state index contributed by atoms with van der Waals surface area (Å²) in [4.78, 5) is 4.48. The van der Waals surface area contributed by atoms with E-state index in [2.05, 4.69) is 46.7 Å². The molecule has 0 amide bonds. The zero-order chi connectivity index (χ0) is 15.1. The minimum Gasteiger partial charge on any atom is -0.329 e. The number of nitrogens with two attached hydrogens (primary N) is 1. The van der Waals surface area contributed by atoms with Gasteiger partial charge in [0, 0.05) is 19.1 Å². The van der Waals surface area contributed by atoms with E-state index in [1.165, 1.54) is 0 Å². The Morgan fingerprint density at radius 3 is 2.50 bits per heavy atom. The van der Waals surface area contributed by atoms with Crippen molar-refractivity contribution in [2.75, 3.05) is 40.3 Å². The van der Waals surface area contributed by atoms with Crippen LogP contribution >= 0.6 is 15.9 Å². The molecule has 2 N–H and O–H groups in total. The van der Waals surface area contributed by atoms with Crippen molar-refractivity contribution in [1.82, 2.24) is 9.80 Å². The van der Waals surface area contributed by atoms with Gasteiger partial charge in [-0.05, 0) is 67.2 Å². The third-order valence-corrected chi connectivity index (χ3v) is 4.09. The van der Waals surface area contributed by atoms with Crippen LogP contribution in [-0.2, 0) is 0 Å². The molecule has 0 radical (unpaired) electrons. The quantitative estimate of drug-likeness (QED) is 0.786. The summed E-state index contributed by atoms with van der Waals surface area (Å²) in [6.07, 6.45) is 1.08.